The number of hydrogen-bond acceptors (Lipinski definition) is 6. The molecule has 27 heavy (non-hydrogen) atoms. The van der Waals surface area contributed by atoms with Crippen LogP contribution in [0.3, 0.4) is 0 Å². The van der Waals surface area contributed by atoms with Crippen LogP contribution >= 0.6 is 11.3 Å². The van der Waals surface area contributed by atoms with Gasteiger partial charge in [0, 0.05) is 4.88 Å². The molecule has 4 rings (SSSR count). The first-order valence-corrected chi connectivity index (χ1v) is 10.3. The Balaban J connectivity index is 1.58. The lowest BCUT2D eigenvalue weighted by Gasteiger charge is -2.12. The van der Waals surface area contributed by atoms with Gasteiger partial charge in [0.25, 0.3) is 0 Å². The molecular weight excluding hydrogens is 356 g/mol. The molecule has 1 aromatic carbocycles. The number of aromatic nitrogens is 2. The average Bonchev–Trinajstić information content (AvgIpc) is 3.05. The smallest absolute Gasteiger partial charge is 0.158 e. The molecule has 2 aromatic heterocycles. The van der Waals surface area contributed by atoms with Gasteiger partial charge in [-0.3, -0.25) is 5.43 Å². The maximum absolute atomic E-state index is 5.70. The number of anilines is 1. The Morgan fingerprint density at radius 1 is 1.15 bits per heavy atom. The van der Waals surface area contributed by atoms with Gasteiger partial charge in [0.2, 0.25) is 0 Å². The Morgan fingerprint density at radius 3 is 2.70 bits per heavy atom. The van der Waals surface area contributed by atoms with Crippen molar-refractivity contribution >= 4 is 33.1 Å². The van der Waals surface area contributed by atoms with Crippen LogP contribution in [-0.4, -0.2) is 21.8 Å². The topological polar surface area (TPSA) is 59.4 Å². The lowest BCUT2D eigenvalue weighted by atomic mass is 9.97. The van der Waals surface area contributed by atoms with E-state index in [1.165, 1.54) is 23.3 Å². The average molecular weight is 381 g/mol. The fraction of sp³-hybridized carbons (Fsp3) is 0.381. The third kappa shape index (κ3) is 3.81. The minimum atomic E-state index is 0.170. The summed E-state index contributed by atoms with van der Waals surface area (Å²) in [4.78, 5) is 11.4. The summed E-state index contributed by atoms with van der Waals surface area (Å²) in [5, 5.41) is 5.72. The molecule has 0 unspecified atom stereocenters. The second-order valence-electron chi connectivity index (χ2n) is 7.11. The van der Waals surface area contributed by atoms with Gasteiger partial charge in [0.05, 0.1) is 17.2 Å². The number of ether oxygens (including phenoxy) is 1. The first-order chi connectivity index (χ1) is 13.1. The van der Waals surface area contributed by atoms with Gasteiger partial charge in [-0.05, 0) is 81.8 Å². The summed E-state index contributed by atoms with van der Waals surface area (Å²) in [6.07, 6.45) is 6.56. The van der Waals surface area contributed by atoms with Crippen LogP contribution in [0.25, 0.3) is 10.2 Å². The van der Waals surface area contributed by atoms with E-state index in [1.807, 2.05) is 45.0 Å². The van der Waals surface area contributed by atoms with E-state index in [0.717, 1.165) is 45.9 Å². The first kappa shape index (κ1) is 17.9. The molecule has 0 aliphatic heterocycles. The van der Waals surface area contributed by atoms with Crippen LogP contribution in [-0.2, 0) is 12.8 Å². The van der Waals surface area contributed by atoms with Crippen molar-refractivity contribution in [1.29, 1.82) is 0 Å². The standard InChI is InChI=1S/C21H24N4OS/c1-13(2)26-16-10-8-15(9-11-16)14(3)24-25-20-19-17-6-4-5-7-18(17)27-21(19)23-12-22-20/h8-13H,4-7H2,1-3H3,(H,22,23,25)/b24-14+. The third-order valence-corrected chi connectivity index (χ3v) is 5.92. The van der Waals surface area contributed by atoms with E-state index in [-0.39, 0.29) is 6.10 Å². The van der Waals surface area contributed by atoms with Crippen LogP contribution in [0.1, 0.15) is 49.6 Å². The van der Waals surface area contributed by atoms with E-state index in [0.29, 0.717) is 0 Å². The summed E-state index contributed by atoms with van der Waals surface area (Å²) in [7, 11) is 0. The Hall–Kier alpha value is -2.47. The van der Waals surface area contributed by atoms with Crippen molar-refractivity contribution in [2.24, 2.45) is 5.10 Å². The van der Waals surface area contributed by atoms with Crippen molar-refractivity contribution in [3.8, 4) is 5.75 Å². The number of rotatable bonds is 5. The number of nitrogens with one attached hydrogen (secondary N) is 1. The van der Waals surface area contributed by atoms with Crippen LogP contribution in [0.15, 0.2) is 35.7 Å². The SMILES string of the molecule is C/C(=N\Nc1ncnc2sc3c(c12)CCCC3)c1ccc(OC(C)C)cc1. The lowest BCUT2D eigenvalue weighted by molar-refractivity contribution is 0.242. The van der Waals surface area contributed by atoms with E-state index < -0.39 is 0 Å². The molecule has 3 aromatic rings. The van der Waals surface area contributed by atoms with Crippen molar-refractivity contribution < 1.29 is 4.74 Å². The molecule has 140 valence electrons. The summed E-state index contributed by atoms with van der Waals surface area (Å²) in [5.74, 6) is 1.68. The maximum Gasteiger partial charge on any atom is 0.158 e. The summed E-state index contributed by atoms with van der Waals surface area (Å²) < 4.78 is 5.70. The Morgan fingerprint density at radius 2 is 1.93 bits per heavy atom. The number of hydrogen-bond donors (Lipinski definition) is 1. The zero-order valence-corrected chi connectivity index (χ0v) is 16.8. The lowest BCUT2D eigenvalue weighted by Crippen LogP contribution is -2.06. The van der Waals surface area contributed by atoms with Crippen LogP contribution in [0, 0.1) is 0 Å². The molecule has 0 spiro atoms. The van der Waals surface area contributed by atoms with Gasteiger partial charge >= 0.3 is 0 Å². The molecule has 0 amide bonds. The van der Waals surface area contributed by atoms with Crippen molar-refractivity contribution in [2.75, 3.05) is 5.43 Å². The van der Waals surface area contributed by atoms with Crippen LogP contribution in [0.2, 0.25) is 0 Å². The highest BCUT2D eigenvalue weighted by atomic mass is 32.1. The number of aryl methyl sites for hydroxylation is 2. The second kappa shape index (κ2) is 7.64. The Bertz CT molecular complexity index is 976. The monoisotopic (exact) mass is 380 g/mol. The fourth-order valence-corrected chi connectivity index (χ4v) is 4.65. The molecule has 0 saturated carbocycles. The molecule has 6 heteroatoms. The van der Waals surface area contributed by atoms with Crippen molar-refractivity contribution in [2.45, 2.75) is 52.6 Å². The van der Waals surface area contributed by atoms with E-state index in [9.17, 15) is 0 Å². The fourth-order valence-electron chi connectivity index (χ4n) is 3.42. The summed E-state index contributed by atoms with van der Waals surface area (Å²) in [5.41, 5.74) is 6.55. The van der Waals surface area contributed by atoms with Gasteiger partial charge in [-0.15, -0.1) is 11.3 Å². The Labute approximate surface area is 163 Å². The molecule has 0 fully saturated rings. The van der Waals surface area contributed by atoms with Gasteiger partial charge in [0.15, 0.2) is 5.82 Å². The van der Waals surface area contributed by atoms with Gasteiger partial charge in [-0.2, -0.15) is 5.10 Å². The van der Waals surface area contributed by atoms with Crippen molar-refractivity contribution in [3.63, 3.8) is 0 Å². The predicted octanol–water partition coefficient (Wildman–Crippen LogP) is 5.19. The molecule has 5 nitrogen and oxygen atoms in total. The molecule has 1 N–H and O–H groups in total. The predicted molar refractivity (Wildman–Crippen MR) is 112 cm³/mol. The Kier molecular flexibility index (Phi) is 5.07. The zero-order valence-electron chi connectivity index (χ0n) is 16.0. The minimum absolute atomic E-state index is 0.170. The second-order valence-corrected chi connectivity index (χ2v) is 8.20. The van der Waals surface area contributed by atoms with Gasteiger partial charge < -0.3 is 4.74 Å². The molecule has 1 aliphatic rings. The molecule has 1 aliphatic carbocycles. The normalized spacial score (nSPS) is 14.4. The minimum Gasteiger partial charge on any atom is -0.491 e. The van der Waals surface area contributed by atoms with E-state index in [1.54, 1.807) is 17.7 Å². The van der Waals surface area contributed by atoms with Crippen molar-refractivity contribution in [3.05, 3.63) is 46.6 Å². The number of nitrogens with zero attached hydrogens (tertiary/aromatic N) is 3. The third-order valence-electron chi connectivity index (χ3n) is 4.72. The summed E-state index contributed by atoms with van der Waals surface area (Å²) >= 11 is 1.80. The summed E-state index contributed by atoms with van der Waals surface area (Å²) in [6, 6.07) is 8.01. The van der Waals surface area contributed by atoms with E-state index >= 15 is 0 Å². The maximum atomic E-state index is 5.70. The molecule has 2 heterocycles. The van der Waals surface area contributed by atoms with E-state index in [4.69, 9.17) is 4.74 Å². The molecule has 0 radical (unpaired) electrons. The number of fused-ring (bicyclic) bond motifs is 3. The van der Waals surface area contributed by atoms with Gasteiger partial charge in [0.1, 0.15) is 16.9 Å². The van der Waals surface area contributed by atoms with Crippen LogP contribution in [0.4, 0.5) is 5.82 Å². The number of benzene rings is 1. The highest BCUT2D eigenvalue weighted by Gasteiger charge is 2.19. The molecule has 0 bridgehead atoms. The van der Waals surface area contributed by atoms with Crippen LogP contribution in [0.5, 0.6) is 5.75 Å². The molecule has 0 atom stereocenters. The highest BCUT2D eigenvalue weighted by Crippen LogP contribution is 2.38. The zero-order chi connectivity index (χ0) is 18.8. The molecule has 0 saturated heterocycles. The first-order valence-electron chi connectivity index (χ1n) is 9.44. The van der Waals surface area contributed by atoms with Gasteiger partial charge in [-0.1, -0.05) is 0 Å². The van der Waals surface area contributed by atoms with E-state index in [2.05, 4.69) is 20.5 Å². The number of thiophene rings is 1. The quantitative estimate of drug-likeness (QED) is 0.489. The number of hydrazone groups is 1. The van der Waals surface area contributed by atoms with Crippen LogP contribution < -0.4 is 10.2 Å². The largest absolute Gasteiger partial charge is 0.491 e. The van der Waals surface area contributed by atoms with Crippen molar-refractivity contribution in [1.82, 2.24) is 9.97 Å². The summed E-state index contributed by atoms with van der Waals surface area (Å²) in [6.45, 7) is 6.04. The van der Waals surface area contributed by atoms with Gasteiger partial charge in [-0.25, -0.2) is 9.97 Å². The molecular formula is C21H24N4OS. The highest BCUT2D eigenvalue weighted by molar-refractivity contribution is 7.19.